The maximum absolute atomic E-state index is 12.0. The highest BCUT2D eigenvalue weighted by Gasteiger charge is 2.20. The van der Waals surface area contributed by atoms with Crippen LogP contribution in [-0.4, -0.2) is 16.6 Å². The first-order valence-corrected chi connectivity index (χ1v) is 5.75. The van der Waals surface area contributed by atoms with Gasteiger partial charge in [-0.15, -0.1) is 0 Å². The van der Waals surface area contributed by atoms with Crippen molar-refractivity contribution >= 4 is 28.5 Å². The van der Waals surface area contributed by atoms with Gasteiger partial charge in [0.15, 0.2) is 0 Å². The molecule has 0 saturated carbocycles. The highest BCUT2D eigenvalue weighted by atomic mass is 35.5. The lowest BCUT2D eigenvalue weighted by molar-refractivity contribution is 0.00717. The molecule has 90 valence electrons. The Morgan fingerprint density at radius 1 is 1.35 bits per heavy atom. The molecule has 4 heteroatoms. The van der Waals surface area contributed by atoms with Crippen LogP contribution in [0.4, 0.5) is 0 Å². The number of rotatable bonds is 1. The molecular weight excluding hydrogens is 238 g/mol. The summed E-state index contributed by atoms with van der Waals surface area (Å²) in [4.78, 5) is 15.0. The van der Waals surface area contributed by atoms with E-state index >= 15 is 0 Å². The van der Waals surface area contributed by atoms with Gasteiger partial charge in [-0.2, -0.15) is 0 Å². The third kappa shape index (κ3) is 2.44. The molecule has 0 unspecified atom stereocenters. The number of para-hydroxylation sites is 1. The summed E-state index contributed by atoms with van der Waals surface area (Å²) in [6, 6.07) is 5.38. The van der Waals surface area contributed by atoms with Crippen molar-refractivity contribution in [3.05, 3.63) is 35.0 Å². The first kappa shape index (κ1) is 12.0. The van der Waals surface area contributed by atoms with Crippen molar-refractivity contribution in [3.63, 3.8) is 0 Å². The SMILES string of the molecule is CC(C)(C)OC(=O)c1cccc2c(Cl)c[nH]c12. The second kappa shape index (κ2) is 4.08. The highest BCUT2D eigenvalue weighted by molar-refractivity contribution is 6.36. The van der Waals surface area contributed by atoms with E-state index in [0.29, 0.717) is 16.1 Å². The van der Waals surface area contributed by atoms with Crippen LogP contribution in [0.15, 0.2) is 24.4 Å². The largest absolute Gasteiger partial charge is 0.456 e. The molecule has 0 aliphatic carbocycles. The highest BCUT2D eigenvalue weighted by Crippen LogP contribution is 2.26. The summed E-state index contributed by atoms with van der Waals surface area (Å²) in [5, 5.41) is 1.43. The number of halogens is 1. The summed E-state index contributed by atoms with van der Waals surface area (Å²) < 4.78 is 5.34. The van der Waals surface area contributed by atoms with Crippen LogP contribution in [0, 0.1) is 0 Å². The van der Waals surface area contributed by atoms with Crippen LogP contribution in [-0.2, 0) is 4.74 Å². The van der Waals surface area contributed by atoms with Gasteiger partial charge < -0.3 is 9.72 Å². The fourth-order valence-corrected chi connectivity index (χ4v) is 1.84. The van der Waals surface area contributed by atoms with Crippen LogP contribution < -0.4 is 0 Å². The Morgan fingerprint density at radius 3 is 2.71 bits per heavy atom. The number of aromatic amines is 1. The Morgan fingerprint density at radius 2 is 2.06 bits per heavy atom. The van der Waals surface area contributed by atoms with E-state index < -0.39 is 5.60 Å². The standard InChI is InChI=1S/C13H14ClNO2/c1-13(2,3)17-12(16)9-6-4-5-8-10(14)7-15-11(8)9/h4-7,15H,1-3H3. The van der Waals surface area contributed by atoms with Gasteiger partial charge in [0, 0.05) is 11.6 Å². The lowest BCUT2D eigenvalue weighted by Crippen LogP contribution is -2.24. The molecule has 3 nitrogen and oxygen atoms in total. The van der Waals surface area contributed by atoms with Crippen molar-refractivity contribution in [2.45, 2.75) is 26.4 Å². The van der Waals surface area contributed by atoms with Gasteiger partial charge in [0.2, 0.25) is 0 Å². The number of carbonyl (C=O) groups is 1. The number of esters is 1. The quantitative estimate of drug-likeness (QED) is 0.784. The average Bonchev–Trinajstić information content (AvgIpc) is 2.58. The Hall–Kier alpha value is -1.48. The van der Waals surface area contributed by atoms with Crippen LogP contribution in [0.2, 0.25) is 5.02 Å². The molecule has 1 aromatic carbocycles. The third-order valence-corrected chi connectivity index (χ3v) is 2.60. The maximum Gasteiger partial charge on any atom is 0.340 e. The van der Waals surface area contributed by atoms with E-state index in [1.807, 2.05) is 26.8 Å². The molecule has 17 heavy (non-hydrogen) atoms. The van der Waals surface area contributed by atoms with Gasteiger partial charge in [-0.05, 0) is 26.8 Å². The number of ether oxygens (including phenoxy) is 1. The predicted molar refractivity (Wildman–Crippen MR) is 68.5 cm³/mol. The molecular formula is C13H14ClNO2. The van der Waals surface area contributed by atoms with Crippen molar-refractivity contribution in [1.29, 1.82) is 0 Å². The van der Waals surface area contributed by atoms with E-state index in [2.05, 4.69) is 4.98 Å². The smallest absolute Gasteiger partial charge is 0.340 e. The molecule has 1 N–H and O–H groups in total. The van der Waals surface area contributed by atoms with Gasteiger partial charge in [0.1, 0.15) is 5.60 Å². The van der Waals surface area contributed by atoms with Gasteiger partial charge >= 0.3 is 5.97 Å². The first-order chi connectivity index (χ1) is 7.88. The lowest BCUT2D eigenvalue weighted by Gasteiger charge is -2.19. The van der Waals surface area contributed by atoms with Gasteiger partial charge in [0.05, 0.1) is 16.1 Å². The normalized spacial score (nSPS) is 11.8. The van der Waals surface area contributed by atoms with Crippen molar-refractivity contribution in [1.82, 2.24) is 4.98 Å². The summed E-state index contributed by atoms with van der Waals surface area (Å²) in [6.45, 7) is 5.52. The fourth-order valence-electron chi connectivity index (χ4n) is 1.62. The zero-order chi connectivity index (χ0) is 12.6. The third-order valence-electron chi connectivity index (χ3n) is 2.28. The number of hydrogen-bond acceptors (Lipinski definition) is 2. The number of benzene rings is 1. The molecule has 0 amide bonds. The zero-order valence-corrected chi connectivity index (χ0v) is 10.8. The minimum Gasteiger partial charge on any atom is -0.456 e. The predicted octanol–water partition coefficient (Wildman–Crippen LogP) is 3.78. The summed E-state index contributed by atoms with van der Waals surface area (Å²) in [5.41, 5.74) is 0.714. The lowest BCUT2D eigenvalue weighted by atomic mass is 10.1. The molecule has 2 aromatic rings. The number of H-pyrrole nitrogens is 1. The monoisotopic (exact) mass is 251 g/mol. The molecule has 0 radical (unpaired) electrons. The van der Waals surface area contributed by atoms with E-state index in [1.54, 1.807) is 18.3 Å². The average molecular weight is 252 g/mol. The van der Waals surface area contributed by atoms with Crippen molar-refractivity contribution in [2.75, 3.05) is 0 Å². The Balaban J connectivity index is 2.45. The van der Waals surface area contributed by atoms with Gasteiger partial charge in [0.25, 0.3) is 0 Å². The molecule has 2 rings (SSSR count). The van der Waals surface area contributed by atoms with E-state index in [0.717, 1.165) is 5.39 Å². The maximum atomic E-state index is 12.0. The first-order valence-electron chi connectivity index (χ1n) is 5.37. The molecule has 0 spiro atoms. The minimum absolute atomic E-state index is 0.346. The summed E-state index contributed by atoms with van der Waals surface area (Å²) in [6.07, 6.45) is 1.67. The summed E-state index contributed by atoms with van der Waals surface area (Å²) in [7, 11) is 0. The van der Waals surface area contributed by atoms with E-state index in [-0.39, 0.29) is 5.97 Å². The second-order valence-electron chi connectivity index (χ2n) is 4.87. The number of nitrogens with one attached hydrogen (secondary N) is 1. The molecule has 0 aliphatic heterocycles. The number of hydrogen-bond donors (Lipinski definition) is 1. The van der Waals surface area contributed by atoms with Gasteiger partial charge in [-0.3, -0.25) is 0 Å². The van der Waals surface area contributed by atoms with Crippen molar-refractivity contribution in [2.24, 2.45) is 0 Å². The Kier molecular flexibility index (Phi) is 2.87. The molecule has 1 heterocycles. The van der Waals surface area contributed by atoms with E-state index in [9.17, 15) is 4.79 Å². The summed E-state index contributed by atoms with van der Waals surface area (Å²) in [5.74, 6) is -0.346. The minimum atomic E-state index is -0.504. The fraction of sp³-hybridized carbons (Fsp3) is 0.308. The van der Waals surface area contributed by atoms with Crippen LogP contribution in [0.3, 0.4) is 0 Å². The Bertz CT molecular complexity index is 566. The molecule has 0 saturated heterocycles. The van der Waals surface area contributed by atoms with Crippen LogP contribution in [0.25, 0.3) is 10.9 Å². The second-order valence-corrected chi connectivity index (χ2v) is 5.27. The van der Waals surface area contributed by atoms with E-state index in [4.69, 9.17) is 16.3 Å². The number of carbonyl (C=O) groups excluding carboxylic acids is 1. The van der Waals surface area contributed by atoms with Crippen molar-refractivity contribution < 1.29 is 9.53 Å². The molecule has 0 aliphatic rings. The molecule has 0 atom stereocenters. The zero-order valence-electron chi connectivity index (χ0n) is 10.0. The molecule has 0 bridgehead atoms. The number of fused-ring (bicyclic) bond motifs is 1. The summed E-state index contributed by atoms with van der Waals surface area (Å²) >= 11 is 6.00. The van der Waals surface area contributed by atoms with Gasteiger partial charge in [-0.1, -0.05) is 23.7 Å². The Labute approximate surface area is 105 Å². The number of aromatic nitrogens is 1. The molecule has 0 fully saturated rings. The van der Waals surface area contributed by atoms with Gasteiger partial charge in [-0.25, -0.2) is 4.79 Å². The topological polar surface area (TPSA) is 42.1 Å². The van der Waals surface area contributed by atoms with Crippen molar-refractivity contribution in [3.8, 4) is 0 Å². The van der Waals surface area contributed by atoms with E-state index in [1.165, 1.54) is 0 Å². The van der Waals surface area contributed by atoms with Crippen LogP contribution >= 0.6 is 11.6 Å². The van der Waals surface area contributed by atoms with Crippen LogP contribution in [0.5, 0.6) is 0 Å². The molecule has 1 aromatic heterocycles. The van der Waals surface area contributed by atoms with Crippen LogP contribution in [0.1, 0.15) is 31.1 Å².